The van der Waals surface area contributed by atoms with Crippen LogP contribution in [0.2, 0.25) is 0 Å². The van der Waals surface area contributed by atoms with E-state index in [-0.39, 0.29) is 17.5 Å². The van der Waals surface area contributed by atoms with Crippen LogP contribution in [0.5, 0.6) is 0 Å². The smallest absolute Gasteiger partial charge is 0.379 e. The minimum Gasteiger partial charge on any atom is -0.477 e. The number of hydrogen-bond acceptors (Lipinski definition) is 3. The Morgan fingerprint density at radius 1 is 1.17 bits per heavy atom. The molecule has 126 valence electrons. The monoisotopic (exact) mass is 358 g/mol. The predicted molar refractivity (Wildman–Crippen MR) is 76.0 cm³/mol. The summed E-state index contributed by atoms with van der Waals surface area (Å²) < 4.78 is 74.6. The van der Waals surface area contributed by atoms with Gasteiger partial charge in [0.2, 0.25) is 0 Å². The highest BCUT2D eigenvalue weighted by Gasteiger charge is 2.49. The van der Waals surface area contributed by atoms with E-state index in [1.807, 2.05) is 0 Å². The average molecular weight is 358 g/mol. The Kier molecular flexibility index (Phi) is 3.47. The zero-order valence-electron chi connectivity index (χ0n) is 11.8. The van der Waals surface area contributed by atoms with Crippen LogP contribution in [0.15, 0.2) is 35.2 Å². The highest BCUT2D eigenvalue weighted by Crippen LogP contribution is 2.46. The molecule has 0 unspecified atom stereocenters. The van der Waals surface area contributed by atoms with Gasteiger partial charge >= 0.3 is 11.9 Å². The molecule has 0 aliphatic heterocycles. The van der Waals surface area contributed by atoms with Crippen LogP contribution >= 0.6 is 0 Å². The van der Waals surface area contributed by atoms with Crippen LogP contribution in [0.3, 0.4) is 0 Å². The van der Waals surface area contributed by atoms with E-state index < -0.39 is 38.3 Å². The normalized spacial score (nSPS) is 13.5. The molecule has 0 saturated heterocycles. The lowest BCUT2D eigenvalue weighted by Gasteiger charge is -2.19. The van der Waals surface area contributed by atoms with Gasteiger partial charge < -0.3 is 5.11 Å². The summed E-state index contributed by atoms with van der Waals surface area (Å²) in [7, 11) is -5.41. The summed E-state index contributed by atoms with van der Waals surface area (Å²) in [6.07, 6.45) is -0.202. The lowest BCUT2D eigenvalue weighted by molar-refractivity contribution is -0.166. The highest BCUT2D eigenvalue weighted by molar-refractivity contribution is 7.85. The minimum absolute atomic E-state index is 0.0218. The van der Waals surface area contributed by atoms with Crippen molar-refractivity contribution in [3.05, 3.63) is 52.8 Å². The quantitative estimate of drug-likeness (QED) is 0.703. The largest absolute Gasteiger partial charge is 0.477 e. The zero-order chi connectivity index (χ0) is 17.9. The van der Waals surface area contributed by atoms with Gasteiger partial charge in [-0.2, -0.15) is 17.2 Å². The number of rotatable bonds is 3. The summed E-state index contributed by atoms with van der Waals surface area (Å²) in [5.41, 5.74) is -0.981. The lowest BCUT2D eigenvalue weighted by Crippen LogP contribution is -2.30. The molecule has 0 amide bonds. The van der Waals surface area contributed by atoms with E-state index in [0.29, 0.717) is 17.2 Å². The van der Waals surface area contributed by atoms with E-state index in [0.717, 1.165) is 0 Å². The molecule has 0 spiro atoms. The van der Waals surface area contributed by atoms with E-state index in [1.54, 1.807) is 18.2 Å². The molecule has 24 heavy (non-hydrogen) atoms. The molecule has 0 saturated carbocycles. The molecule has 0 radical (unpaired) electrons. The zero-order valence-corrected chi connectivity index (χ0v) is 12.6. The van der Waals surface area contributed by atoms with Crippen molar-refractivity contribution >= 4 is 16.1 Å². The maximum absolute atomic E-state index is 14.2. The third-order valence-corrected chi connectivity index (χ3v) is 4.77. The fourth-order valence-corrected chi connectivity index (χ4v) is 3.73. The summed E-state index contributed by atoms with van der Waals surface area (Å²) in [4.78, 5) is 9.23. The predicted octanol–water partition coefficient (Wildman–Crippen LogP) is 2.82. The molecular formula is C15H9F3O5S. The average Bonchev–Trinajstić information content (AvgIpc) is 2.82. The molecule has 1 aliphatic carbocycles. The highest BCUT2D eigenvalue weighted by atomic mass is 32.2. The Morgan fingerprint density at radius 3 is 2.38 bits per heavy atom. The summed E-state index contributed by atoms with van der Waals surface area (Å²) in [6, 6.07) is 7.00. The van der Waals surface area contributed by atoms with Crippen molar-refractivity contribution in [2.75, 3.05) is 0 Å². The van der Waals surface area contributed by atoms with Crippen molar-refractivity contribution in [2.24, 2.45) is 0 Å². The number of alkyl halides is 2. The molecule has 1 aliphatic rings. The lowest BCUT2D eigenvalue weighted by atomic mass is 9.96. The third kappa shape index (κ3) is 2.28. The number of carboxylic acid groups (broad SMARTS) is 1. The van der Waals surface area contributed by atoms with Crippen molar-refractivity contribution in [3.8, 4) is 11.1 Å². The van der Waals surface area contributed by atoms with Crippen LogP contribution in [0.1, 0.15) is 16.7 Å². The van der Waals surface area contributed by atoms with Crippen molar-refractivity contribution in [2.45, 2.75) is 17.2 Å². The number of benzene rings is 2. The van der Waals surface area contributed by atoms with Gasteiger partial charge in [0.25, 0.3) is 10.1 Å². The molecule has 5 nitrogen and oxygen atoms in total. The molecule has 9 heteroatoms. The summed E-state index contributed by atoms with van der Waals surface area (Å²) in [5.74, 6) is -8.97. The van der Waals surface area contributed by atoms with Gasteiger partial charge in [-0.1, -0.05) is 24.3 Å². The number of aliphatic carboxylic acids is 1. The van der Waals surface area contributed by atoms with Gasteiger partial charge in [0.15, 0.2) is 0 Å². The van der Waals surface area contributed by atoms with Gasteiger partial charge in [-0.15, -0.1) is 0 Å². The molecule has 2 aromatic carbocycles. The summed E-state index contributed by atoms with van der Waals surface area (Å²) >= 11 is 0. The van der Waals surface area contributed by atoms with Crippen molar-refractivity contribution < 1.29 is 36.0 Å². The van der Waals surface area contributed by atoms with Crippen LogP contribution in [-0.4, -0.2) is 24.0 Å². The van der Waals surface area contributed by atoms with Gasteiger partial charge in [0.1, 0.15) is 10.7 Å². The maximum atomic E-state index is 14.2. The number of fused-ring (bicyclic) bond motifs is 3. The molecule has 0 atom stereocenters. The maximum Gasteiger partial charge on any atom is 0.379 e. The van der Waals surface area contributed by atoms with Gasteiger partial charge in [0.05, 0.1) is 5.56 Å². The number of carbonyl (C=O) groups is 1. The van der Waals surface area contributed by atoms with E-state index in [9.17, 15) is 26.4 Å². The molecule has 0 heterocycles. The first kappa shape index (κ1) is 16.5. The van der Waals surface area contributed by atoms with E-state index in [2.05, 4.69) is 0 Å². The molecular weight excluding hydrogens is 349 g/mol. The molecule has 3 rings (SSSR count). The second kappa shape index (κ2) is 5.05. The van der Waals surface area contributed by atoms with Gasteiger partial charge in [-0.3, -0.25) is 4.55 Å². The Bertz CT molecular complexity index is 983. The van der Waals surface area contributed by atoms with E-state index in [4.69, 9.17) is 9.66 Å². The SMILES string of the molecule is O=C(O)C(F)(F)c1c2c(cc(F)c1S(=O)(=O)O)-c1ccccc1C2. The topological polar surface area (TPSA) is 91.7 Å². The molecule has 0 bridgehead atoms. The van der Waals surface area contributed by atoms with Gasteiger partial charge in [-0.05, 0) is 34.7 Å². The molecule has 2 N–H and O–H groups in total. The van der Waals surface area contributed by atoms with Crippen molar-refractivity contribution in [1.29, 1.82) is 0 Å². The minimum atomic E-state index is -5.41. The van der Waals surface area contributed by atoms with Crippen LogP contribution in [0.4, 0.5) is 13.2 Å². The Hall–Kier alpha value is -2.39. The Balaban J connectivity index is 2.47. The number of halogens is 3. The standard InChI is InChI=1S/C15H9F3O5S/c16-11-6-9-8-4-2-1-3-7(8)5-10(9)12(13(11)24(21,22)23)15(17,18)14(19)20/h1-4,6H,5H2,(H,19,20)(H,21,22,23). The first-order chi connectivity index (χ1) is 11.0. The van der Waals surface area contributed by atoms with Crippen molar-refractivity contribution in [1.82, 2.24) is 0 Å². The van der Waals surface area contributed by atoms with Gasteiger partial charge in [0, 0.05) is 0 Å². The second-order valence-corrected chi connectivity index (χ2v) is 6.64. The third-order valence-electron chi connectivity index (χ3n) is 3.86. The fraction of sp³-hybridized carbons (Fsp3) is 0.133. The molecule has 0 aromatic heterocycles. The summed E-state index contributed by atoms with van der Waals surface area (Å²) in [6.45, 7) is 0. The molecule has 0 fully saturated rings. The Morgan fingerprint density at radius 2 is 1.79 bits per heavy atom. The van der Waals surface area contributed by atoms with E-state index >= 15 is 0 Å². The van der Waals surface area contributed by atoms with E-state index in [1.165, 1.54) is 6.07 Å². The second-order valence-electron chi connectivity index (χ2n) is 5.28. The first-order valence-electron chi connectivity index (χ1n) is 6.58. The molecule has 2 aromatic rings. The Labute approximate surface area is 134 Å². The van der Waals surface area contributed by atoms with Gasteiger partial charge in [-0.25, -0.2) is 9.18 Å². The number of hydrogen-bond donors (Lipinski definition) is 2. The van der Waals surface area contributed by atoms with Crippen LogP contribution in [0, 0.1) is 5.82 Å². The summed E-state index contributed by atoms with van der Waals surface area (Å²) in [5, 5.41) is 8.78. The number of carboxylic acids is 1. The first-order valence-corrected chi connectivity index (χ1v) is 8.02. The van der Waals surface area contributed by atoms with Crippen LogP contribution < -0.4 is 0 Å². The van der Waals surface area contributed by atoms with Crippen LogP contribution in [-0.2, 0) is 27.3 Å². The van der Waals surface area contributed by atoms with Crippen molar-refractivity contribution in [3.63, 3.8) is 0 Å². The fourth-order valence-electron chi connectivity index (χ4n) is 2.91. The van der Waals surface area contributed by atoms with Crippen LogP contribution in [0.25, 0.3) is 11.1 Å².